The molecule has 1 aliphatic heterocycles. The number of hydrogen-bond acceptors (Lipinski definition) is 4. The summed E-state index contributed by atoms with van der Waals surface area (Å²) in [7, 11) is 2.18. The zero-order chi connectivity index (χ0) is 14.3. The monoisotopic (exact) mass is 334 g/mol. The van der Waals surface area contributed by atoms with E-state index in [-0.39, 0.29) is 0 Å². The molecule has 1 unspecified atom stereocenters. The van der Waals surface area contributed by atoms with E-state index in [4.69, 9.17) is 5.73 Å². The van der Waals surface area contributed by atoms with Crippen molar-refractivity contribution in [2.45, 2.75) is 13.0 Å². The molecular formula is C15H19BrN4. The molecule has 0 saturated carbocycles. The highest BCUT2D eigenvalue weighted by molar-refractivity contribution is 9.10. The summed E-state index contributed by atoms with van der Waals surface area (Å²) in [5.74, 6) is 0. The van der Waals surface area contributed by atoms with E-state index in [0.29, 0.717) is 6.04 Å². The molecule has 0 aliphatic carbocycles. The highest BCUT2D eigenvalue weighted by Gasteiger charge is 2.22. The van der Waals surface area contributed by atoms with Gasteiger partial charge in [-0.25, -0.2) is 0 Å². The summed E-state index contributed by atoms with van der Waals surface area (Å²) in [4.78, 5) is 9.38. The van der Waals surface area contributed by atoms with Gasteiger partial charge in [0.1, 0.15) is 0 Å². The molecule has 1 atom stereocenters. The van der Waals surface area contributed by atoms with Crippen LogP contribution in [0, 0.1) is 0 Å². The molecule has 106 valence electrons. The Kier molecular flexibility index (Phi) is 3.56. The number of nitrogens with two attached hydrogens (primary N) is 1. The number of benzene rings is 1. The van der Waals surface area contributed by atoms with E-state index in [1.54, 1.807) is 0 Å². The topological polar surface area (TPSA) is 45.4 Å². The molecule has 0 bridgehead atoms. The molecule has 2 N–H and O–H groups in total. The molecule has 0 spiro atoms. The van der Waals surface area contributed by atoms with Crippen LogP contribution in [-0.2, 0) is 0 Å². The van der Waals surface area contributed by atoms with Gasteiger partial charge in [0, 0.05) is 47.4 Å². The predicted molar refractivity (Wildman–Crippen MR) is 88.2 cm³/mol. The van der Waals surface area contributed by atoms with E-state index >= 15 is 0 Å². The summed E-state index contributed by atoms with van der Waals surface area (Å²) in [5.41, 5.74) is 9.04. The highest BCUT2D eigenvalue weighted by Crippen LogP contribution is 2.32. The highest BCUT2D eigenvalue weighted by atomic mass is 79.9. The van der Waals surface area contributed by atoms with Crippen molar-refractivity contribution in [1.82, 2.24) is 9.88 Å². The summed E-state index contributed by atoms with van der Waals surface area (Å²) in [5, 5.41) is 1.02. The van der Waals surface area contributed by atoms with Crippen LogP contribution >= 0.6 is 15.9 Å². The molecule has 0 amide bonds. The van der Waals surface area contributed by atoms with Crippen molar-refractivity contribution in [3.8, 4) is 0 Å². The average molecular weight is 335 g/mol. The summed E-state index contributed by atoms with van der Waals surface area (Å²) >= 11 is 3.47. The number of anilines is 2. The van der Waals surface area contributed by atoms with E-state index in [0.717, 1.165) is 40.7 Å². The lowest BCUT2D eigenvalue weighted by Crippen LogP contribution is -2.50. The number of likely N-dealkylation sites (N-methyl/N-ethyl adjacent to an activating group) is 1. The Bertz CT molecular complexity index is 643. The first-order chi connectivity index (χ1) is 9.56. The van der Waals surface area contributed by atoms with E-state index in [1.807, 2.05) is 18.3 Å². The van der Waals surface area contributed by atoms with Gasteiger partial charge in [-0.2, -0.15) is 0 Å². The minimum Gasteiger partial charge on any atom is -0.398 e. The normalized spacial score (nSPS) is 20.6. The summed E-state index contributed by atoms with van der Waals surface area (Å²) in [6.07, 6.45) is 1.84. The third-order valence-corrected chi connectivity index (χ3v) is 4.56. The zero-order valence-corrected chi connectivity index (χ0v) is 13.4. The fraction of sp³-hybridized carbons (Fsp3) is 0.400. The van der Waals surface area contributed by atoms with Crippen LogP contribution in [0.3, 0.4) is 0 Å². The number of nitrogen functional groups attached to an aromatic ring is 1. The molecule has 2 heterocycles. The van der Waals surface area contributed by atoms with E-state index < -0.39 is 0 Å². The van der Waals surface area contributed by atoms with Gasteiger partial charge in [0.2, 0.25) is 0 Å². The van der Waals surface area contributed by atoms with Crippen LogP contribution in [-0.4, -0.2) is 42.6 Å². The van der Waals surface area contributed by atoms with Crippen molar-refractivity contribution in [2.24, 2.45) is 0 Å². The Hall–Kier alpha value is -1.33. The number of rotatable bonds is 1. The smallest absolute Gasteiger partial charge is 0.0956 e. The first kappa shape index (κ1) is 13.6. The standard InChI is InChI=1S/C15H19BrN4/c1-10-9-20(6-5-19(10)2)14-4-3-13(17)12-7-11(16)8-18-15(12)14/h3-4,7-8,10H,5-6,9,17H2,1-2H3. The second kappa shape index (κ2) is 5.22. The van der Waals surface area contributed by atoms with Gasteiger partial charge in [-0.1, -0.05) is 0 Å². The first-order valence-electron chi connectivity index (χ1n) is 6.85. The Labute approximate surface area is 127 Å². The van der Waals surface area contributed by atoms with Gasteiger partial charge < -0.3 is 15.5 Å². The fourth-order valence-corrected chi connectivity index (χ4v) is 3.05. The lowest BCUT2D eigenvalue weighted by Gasteiger charge is -2.39. The number of hydrogen-bond donors (Lipinski definition) is 1. The Morgan fingerprint density at radius 1 is 1.35 bits per heavy atom. The summed E-state index contributed by atoms with van der Waals surface area (Å²) in [6.45, 7) is 5.38. The van der Waals surface area contributed by atoms with Crippen molar-refractivity contribution in [3.05, 3.63) is 28.9 Å². The second-order valence-electron chi connectivity index (χ2n) is 5.50. The molecule has 1 saturated heterocycles. The number of fused-ring (bicyclic) bond motifs is 1. The number of aromatic nitrogens is 1. The van der Waals surface area contributed by atoms with Crippen molar-refractivity contribution in [2.75, 3.05) is 37.3 Å². The van der Waals surface area contributed by atoms with Crippen LogP contribution in [0.4, 0.5) is 11.4 Å². The van der Waals surface area contributed by atoms with Crippen LogP contribution in [0.25, 0.3) is 10.9 Å². The van der Waals surface area contributed by atoms with Crippen LogP contribution in [0.5, 0.6) is 0 Å². The molecule has 2 aromatic rings. The maximum Gasteiger partial charge on any atom is 0.0956 e. The maximum atomic E-state index is 6.09. The molecular weight excluding hydrogens is 316 g/mol. The third kappa shape index (κ3) is 2.36. The van der Waals surface area contributed by atoms with Crippen molar-refractivity contribution in [3.63, 3.8) is 0 Å². The fourth-order valence-electron chi connectivity index (χ4n) is 2.72. The number of nitrogens with zero attached hydrogens (tertiary/aromatic N) is 3. The number of pyridine rings is 1. The Morgan fingerprint density at radius 2 is 2.15 bits per heavy atom. The Morgan fingerprint density at radius 3 is 2.90 bits per heavy atom. The SMILES string of the molecule is CC1CN(c2ccc(N)c3cc(Br)cnc23)CCN1C. The largest absolute Gasteiger partial charge is 0.398 e. The molecule has 20 heavy (non-hydrogen) atoms. The van der Waals surface area contributed by atoms with Gasteiger partial charge in [0.05, 0.1) is 11.2 Å². The van der Waals surface area contributed by atoms with Crippen molar-refractivity contribution >= 4 is 38.2 Å². The molecule has 3 rings (SSSR count). The minimum atomic E-state index is 0.548. The van der Waals surface area contributed by atoms with Gasteiger partial charge in [-0.3, -0.25) is 4.98 Å². The number of piperazine rings is 1. The summed E-state index contributed by atoms with van der Waals surface area (Å²) in [6, 6.07) is 6.67. The predicted octanol–water partition coefficient (Wildman–Crippen LogP) is 2.72. The van der Waals surface area contributed by atoms with Crippen LogP contribution in [0.15, 0.2) is 28.9 Å². The molecule has 0 radical (unpaired) electrons. The van der Waals surface area contributed by atoms with Gasteiger partial charge in [-0.15, -0.1) is 0 Å². The Balaban J connectivity index is 2.06. The number of halogens is 1. The van der Waals surface area contributed by atoms with Gasteiger partial charge in [-0.05, 0) is 48.1 Å². The van der Waals surface area contributed by atoms with Crippen LogP contribution < -0.4 is 10.6 Å². The molecule has 1 aromatic heterocycles. The quantitative estimate of drug-likeness (QED) is 0.814. The summed E-state index contributed by atoms with van der Waals surface area (Å²) < 4.78 is 0.959. The molecule has 1 aliphatic rings. The van der Waals surface area contributed by atoms with Crippen molar-refractivity contribution < 1.29 is 0 Å². The third-order valence-electron chi connectivity index (χ3n) is 4.13. The van der Waals surface area contributed by atoms with Gasteiger partial charge >= 0.3 is 0 Å². The van der Waals surface area contributed by atoms with E-state index in [9.17, 15) is 0 Å². The minimum absolute atomic E-state index is 0.548. The van der Waals surface area contributed by atoms with E-state index in [1.165, 1.54) is 5.69 Å². The first-order valence-corrected chi connectivity index (χ1v) is 7.64. The van der Waals surface area contributed by atoms with Crippen molar-refractivity contribution in [1.29, 1.82) is 0 Å². The average Bonchev–Trinajstić information content (AvgIpc) is 2.43. The zero-order valence-electron chi connectivity index (χ0n) is 11.8. The maximum absolute atomic E-state index is 6.09. The van der Waals surface area contributed by atoms with Gasteiger partial charge in [0.15, 0.2) is 0 Å². The molecule has 4 nitrogen and oxygen atoms in total. The van der Waals surface area contributed by atoms with Gasteiger partial charge in [0.25, 0.3) is 0 Å². The molecule has 1 aromatic carbocycles. The lowest BCUT2D eigenvalue weighted by molar-refractivity contribution is 0.234. The molecule has 5 heteroatoms. The van der Waals surface area contributed by atoms with E-state index in [2.05, 4.69) is 50.8 Å². The van der Waals surface area contributed by atoms with Crippen LogP contribution in [0.2, 0.25) is 0 Å². The lowest BCUT2D eigenvalue weighted by atomic mass is 10.1. The second-order valence-corrected chi connectivity index (χ2v) is 6.41. The molecule has 1 fully saturated rings. The van der Waals surface area contributed by atoms with Crippen LogP contribution in [0.1, 0.15) is 6.92 Å².